The van der Waals surface area contributed by atoms with Gasteiger partial charge in [-0.25, -0.2) is 0 Å². The van der Waals surface area contributed by atoms with Crippen LogP contribution in [0.1, 0.15) is 25.8 Å². The van der Waals surface area contributed by atoms with Gasteiger partial charge in [-0.15, -0.1) is 0 Å². The van der Waals surface area contributed by atoms with Crippen molar-refractivity contribution < 1.29 is 4.92 Å². The van der Waals surface area contributed by atoms with Crippen LogP contribution in [0.3, 0.4) is 0 Å². The van der Waals surface area contributed by atoms with E-state index < -0.39 is 0 Å². The van der Waals surface area contributed by atoms with E-state index in [1.54, 1.807) is 12.1 Å². The lowest BCUT2D eigenvalue weighted by atomic mass is 10.1. The average Bonchev–Trinajstić information content (AvgIpc) is 2.48. The highest BCUT2D eigenvalue weighted by atomic mass is 32.2. The molecule has 1 atom stereocenters. The molecule has 0 saturated carbocycles. The number of non-ortho nitro benzene ring substituents is 1. The third-order valence-corrected chi connectivity index (χ3v) is 4.93. The Morgan fingerprint density at radius 3 is 3.00 bits per heavy atom. The van der Waals surface area contributed by atoms with Crippen molar-refractivity contribution in [3.05, 3.63) is 33.9 Å². The summed E-state index contributed by atoms with van der Waals surface area (Å²) in [6.07, 6.45) is 1.03. The molecule has 1 saturated heterocycles. The van der Waals surface area contributed by atoms with Crippen molar-refractivity contribution in [2.24, 2.45) is 0 Å². The van der Waals surface area contributed by atoms with E-state index in [0.717, 1.165) is 48.8 Å². The van der Waals surface area contributed by atoms with E-state index in [1.165, 1.54) is 0 Å². The number of anilines is 1. The van der Waals surface area contributed by atoms with Crippen molar-refractivity contribution in [3.8, 4) is 0 Å². The zero-order valence-corrected chi connectivity index (χ0v) is 13.5. The summed E-state index contributed by atoms with van der Waals surface area (Å²) in [5.74, 6) is 2.27. The van der Waals surface area contributed by atoms with E-state index >= 15 is 0 Å². The zero-order valence-electron chi connectivity index (χ0n) is 12.7. The van der Waals surface area contributed by atoms with Crippen LogP contribution in [0.4, 0.5) is 11.4 Å². The number of rotatable bonds is 6. The smallest absolute Gasteiger partial charge is 0.269 e. The van der Waals surface area contributed by atoms with Gasteiger partial charge in [-0.3, -0.25) is 15.0 Å². The van der Waals surface area contributed by atoms with Gasteiger partial charge in [0.05, 0.1) is 4.92 Å². The second-order valence-electron chi connectivity index (χ2n) is 5.42. The van der Waals surface area contributed by atoms with Crippen LogP contribution < -0.4 is 5.32 Å². The highest BCUT2D eigenvalue weighted by Gasteiger charge is 2.21. The maximum absolute atomic E-state index is 11.0. The number of thioether (sulfide) groups is 1. The molecule has 1 aromatic rings. The molecule has 6 heteroatoms. The van der Waals surface area contributed by atoms with Gasteiger partial charge < -0.3 is 5.32 Å². The van der Waals surface area contributed by atoms with Gasteiger partial charge in [-0.05, 0) is 25.0 Å². The topological polar surface area (TPSA) is 58.4 Å². The van der Waals surface area contributed by atoms with Gasteiger partial charge in [0.2, 0.25) is 0 Å². The first-order valence-corrected chi connectivity index (χ1v) is 8.60. The van der Waals surface area contributed by atoms with Crippen LogP contribution >= 0.6 is 11.8 Å². The predicted molar refractivity (Wildman–Crippen MR) is 89.1 cm³/mol. The van der Waals surface area contributed by atoms with E-state index in [0.29, 0.717) is 6.04 Å². The monoisotopic (exact) mass is 309 g/mol. The number of nitrogens with one attached hydrogen (secondary N) is 1. The summed E-state index contributed by atoms with van der Waals surface area (Å²) in [5.41, 5.74) is 2.22. The molecule has 0 amide bonds. The summed E-state index contributed by atoms with van der Waals surface area (Å²) in [7, 11) is 0. The molecule has 2 rings (SSSR count). The highest BCUT2D eigenvalue weighted by Crippen LogP contribution is 2.26. The second kappa shape index (κ2) is 7.66. The number of nitro benzene ring substituents is 1. The molecular weight excluding hydrogens is 286 g/mol. The van der Waals surface area contributed by atoms with E-state index in [1.807, 2.05) is 17.8 Å². The normalized spacial score (nSPS) is 19.4. The third-order valence-electron chi connectivity index (χ3n) is 3.74. The molecule has 5 nitrogen and oxygen atoms in total. The Hall–Kier alpha value is -1.27. The minimum Gasteiger partial charge on any atom is -0.385 e. The van der Waals surface area contributed by atoms with Crippen LogP contribution in [0, 0.1) is 10.1 Å². The van der Waals surface area contributed by atoms with E-state index in [-0.39, 0.29) is 10.6 Å². The first kappa shape index (κ1) is 16.1. The maximum atomic E-state index is 11.0. The van der Waals surface area contributed by atoms with Gasteiger partial charge in [0.15, 0.2) is 0 Å². The Labute approximate surface area is 130 Å². The van der Waals surface area contributed by atoms with Crippen molar-refractivity contribution in [1.82, 2.24) is 4.90 Å². The SMILES string of the molecule is CCCNc1ccc([N+](=O)[O-])cc1CN1CCSCC1C. The summed E-state index contributed by atoms with van der Waals surface area (Å²) in [5, 5.41) is 14.4. The maximum Gasteiger partial charge on any atom is 0.269 e. The van der Waals surface area contributed by atoms with Gasteiger partial charge in [0.25, 0.3) is 5.69 Å². The minimum atomic E-state index is -0.317. The highest BCUT2D eigenvalue weighted by molar-refractivity contribution is 7.99. The van der Waals surface area contributed by atoms with E-state index in [9.17, 15) is 10.1 Å². The van der Waals surface area contributed by atoms with Gasteiger partial charge in [-0.1, -0.05) is 6.92 Å². The van der Waals surface area contributed by atoms with Crippen molar-refractivity contribution >= 4 is 23.1 Å². The number of benzene rings is 1. The third kappa shape index (κ3) is 4.35. The van der Waals surface area contributed by atoms with Crippen molar-refractivity contribution in [2.75, 3.05) is 29.9 Å². The molecule has 0 bridgehead atoms. The molecule has 1 unspecified atom stereocenters. The Bertz CT molecular complexity index is 496. The Balaban J connectivity index is 2.20. The van der Waals surface area contributed by atoms with Crippen molar-refractivity contribution in [2.45, 2.75) is 32.9 Å². The van der Waals surface area contributed by atoms with Crippen LogP contribution in [-0.4, -0.2) is 40.5 Å². The summed E-state index contributed by atoms with van der Waals surface area (Å²) in [6, 6.07) is 5.65. The molecule has 0 radical (unpaired) electrons. The quantitative estimate of drug-likeness (QED) is 0.645. The van der Waals surface area contributed by atoms with Crippen LogP contribution in [-0.2, 0) is 6.54 Å². The van der Waals surface area contributed by atoms with Crippen molar-refractivity contribution in [1.29, 1.82) is 0 Å². The molecule has 21 heavy (non-hydrogen) atoms. The van der Waals surface area contributed by atoms with Gasteiger partial charge in [0.1, 0.15) is 0 Å². The van der Waals surface area contributed by atoms with Gasteiger partial charge >= 0.3 is 0 Å². The Kier molecular flexibility index (Phi) is 5.87. The lowest BCUT2D eigenvalue weighted by Crippen LogP contribution is -2.39. The fraction of sp³-hybridized carbons (Fsp3) is 0.600. The van der Waals surface area contributed by atoms with Gasteiger partial charge in [0, 0.05) is 55.0 Å². The fourth-order valence-corrected chi connectivity index (χ4v) is 3.55. The largest absolute Gasteiger partial charge is 0.385 e. The zero-order chi connectivity index (χ0) is 15.2. The minimum absolute atomic E-state index is 0.172. The molecule has 116 valence electrons. The number of hydrogen-bond donors (Lipinski definition) is 1. The van der Waals surface area contributed by atoms with E-state index in [4.69, 9.17) is 0 Å². The molecule has 0 aliphatic carbocycles. The van der Waals surface area contributed by atoms with E-state index in [2.05, 4.69) is 24.1 Å². The first-order valence-electron chi connectivity index (χ1n) is 7.44. The fourth-order valence-electron chi connectivity index (χ4n) is 2.47. The Morgan fingerprint density at radius 2 is 2.33 bits per heavy atom. The van der Waals surface area contributed by atoms with Crippen LogP contribution in [0.5, 0.6) is 0 Å². The standard InChI is InChI=1S/C15H23N3O2S/c1-3-6-16-15-5-4-14(18(19)20)9-13(15)10-17-7-8-21-11-12(17)2/h4-5,9,12,16H,3,6-8,10-11H2,1-2H3. The molecule has 1 fully saturated rings. The van der Waals surface area contributed by atoms with Crippen LogP contribution in [0.2, 0.25) is 0 Å². The number of nitro groups is 1. The first-order chi connectivity index (χ1) is 10.1. The molecule has 1 aliphatic rings. The average molecular weight is 309 g/mol. The lowest BCUT2D eigenvalue weighted by molar-refractivity contribution is -0.384. The van der Waals surface area contributed by atoms with Crippen LogP contribution in [0.25, 0.3) is 0 Å². The second-order valence-corrected chi connectivity index (χ2v) is 6.57. The van der Waals surface area contributed by atoms with Crippen molar-refractivity contribution in [3.63, 3.8) is 0 Å². The molecule has 0 spiro atoms. The van der Waals surface area contributed by atoms with Crippen LogP contribution in [0.15, 0.2) is 18.2 Å². The molecule has 1 aromatic carbocycles. The predicted octanol–water partition coefficient (Wildman–Crippen LogP) is 3.35. The lowest BCUT2D eigenvalue weighted by Gasteiger charge is -2.33. The molecule has 1 heterocycles. The Morgan fingerprint density at radius 1 is 1.52 bits per heavy atom. The number of hydrogen-bond acceptors (Lipinski definition) is 5. The summed E-state index contributed by atoms with van der Waals surface area (Å²) >= 11 is 1.98. The van der Waals surface area contributed by atoms with Gasteiger partial charge in [-0.2, -0.15) is 11.8 Å². The summed E-state index contributed by atoms with van der Waals surface area (Å²) in [4.78, 5) is 13.1. The molecule has 1 aliphatic heterocycles. The number of nitrogens with zero attached hydrogens (tertiary/aromatic N) is 2. The molecule has 1 N–H and O–H groups in total. The summed E-state index contributed by atoms with van der Waals surface area (Å²) < 4.78 is 0. The molecule has 0 aromatic heterocycles. The summed E-state index contributed by atoms with van der Waals surface area (Å²) in [6.45, 7) is 7.04. The molecular formula is C15H23N3O2S.